The molecular formula is C20H35N5OS. The molecule has 3 heterocycles. The summed E-state index contributed by atoms with van der Waals surface area (Å²) in [5, 5.41) is 7.06. The largest absolute Gasteiger partial charge is 0.444 e. The van der Waals surface area contributed by atoms with Crippen LogP contribution in [-0.4, -0.2) is 59.6 Å². The fraction of sp³-hybridized carbons (Fsp3) is 0.800. The van der Waals surface area contributed by atoms with Crippen molar-refractivity contribution in [1.29, 1.82) is 0 Å². The zero-order valence-electron chi connectivity index (χ0n) is 17.3. The molecule has 3 rings (SSSR count). The number of hydrogen-bond acceptors (Lipinski definition) is 5. The second-order valence-electron chi connectivity index (χ2n) is 8.18. The fourth-order valence-electron chi connectivity index (χ4n) is 3.86. The van der Waals surface area contributed by atoms with Crippen LogP contribution in [0.3, 0.4) is 0 Å². The third-order valence-corrected chi connectivity index (χ3v) is 7.39. The molecule has 0 bridgehead atoms. The number of guanidine groups is 1. The minimum Gasteiger partial charge on any atom is -0.444 e. The number of thioether (sulfide) groups is 1. The Morgan fingerprint density at radius 1 is 1.33 bits per heavy atom. The van der Waals surface area contributed by atoms with Crippen LogP contribution in [0.4, 0.5) is 0 Å². The molecule has 2 fully saturated rings. The van der Waals surface area contributed by atoms with Crippen molar-refractivity contribution in [2.24, 2.45) is 10.9 Å². The number of nitrogens with one attached hydrogen (secondary N) is 2. The first-order chi connectivity index (χ1) is 13.0. The maximum Gasteiger partial charge on any atom is 0.208 e. The SMILES string of the molecule is CN=C(NCC1CCN(Cc2nc(C)c(C)o2)CC1)NCC1(C)CCCS1. The van der Waals surface area contributed by atoms with Gasteiger partial charge >= 0.3 is 0 Å². The van der Waals surface area contributed by atoms with Crippen LogP contribution in [0.2, 0.25) is 0 Å². The van der Waals surface area contributed by atoms with E-state index in [4.69, 9.17) is 4.42 Å². The highest BCUT2D eigenvalue weighted by molar-refractivity contribution is 8.00. The highest BCUT2D eigenvalue weighted by Gasteiger charge is 2.29. The molecule has 7 heteroatoms. The molecule has 152 valence electrons. The first-order valence-corrected chi connectivity index (χ1v) is 11.2. The van der Waals surface area contributed by atoms with Gasteiger partial charge in [-0.1, -0.05) is 0 Å². The highest BCUT2D eigenvalue weighted by atomic mass is 32.2. The van der Waals surface area contributed by atoms with Crippen LogP contribution in [-0.2, 0) is 6.54 Å². The Kier molecular flexibility index (Phi) is 7.09. The normalized spacial score (nSPS) is 25.1. The van der Waals surface area contributed by atoms with E-state index in [9.17, 15) is 0 Å². The Morgan fingerprint density at radius 2 is 2.11 bits per heavy atom. The van der Waals surface area contributed by atoms with Gasteiger partial charge in [-0.25, -0.2) is 4.98 Å². The molecule has 0 saturated carbocycles. The van der Waals surface area contributed by atoms with Gasteiger partial charge in [0.05, 0.1) is 12.2 Å². The van der Waals surface area contributed by atoms with Gasteiger partial charge in [0.25, 0.3) is 0 Å². The lowest BCUT2D eigenvalue weighted by molar-refractivity contribution is 0.164. The Morgan fingerprint density at radius 3 is 2.70 bits per heavy atom. The molecule has 27 heavy (non-hydrogen) atoms. The second kappa shape index (κ2) is 9.32. The van der Waals surface area contributed by atoms with E-state index in [2.05, 4.69) is 44.2 Å². The Labute approximate surface area is 168 Å². The molecule has 2 aliphatic rings. The smallest absolute Gasteiger partial charge is 0.208 e. The molecule has 1 aromatic heterocycles. The van der Waals surface area contributed by atoms with E-state index < -0.39 is 0 Å². The lowest BCUT2D eigenvalue weighted by Gasteiger charge is -2.31. The molecule has 2 N–H and O–H groups in total. The van der Waals surface area contributed by atoms with Crippen LogP contribution in [0.1, 0.15) is 50.0 Å². The van der Waals surface area contributed by atoms with E-state index in [1.807, 2.05) is 20.9 Å². The monoisotopic (exact) mass is 393 g/mol. The number of rotatable bonds is 6. The summed E-state index contributed by atoms with van der Waals surface area (Å²) in [6.07, 6.45) is 5.04. The van der Waals surface area contributed by atoms with Gasteiger partial charge in [-0.05, 0) is 71.2 Å². The number of likely N-dealkylation sites (tertiary alicyclic amines) is 1. The molecule has 1 atom stereocenters. The van der Waals surface area contributed by atoms with Gasteiger partial charge in [0.15, 0.2) is 5.96 Å². The van der Waals surface area contributed by atoms with Crippen LogP contribution in [0.5, 0.6) is 0 Å². The number of aromatic nitrogens is 1. The molecule has 2 saturated heterocycles. The number of piperidine rings is 1. The van der Waals surface area contributed by atoms with Crippen molar-refractivity contribution < 1.29 is 4.42 Å². The van der Waals surface area contributed by atoms with Crippen molar-refractivity contribution in [2.75, 3.05) is 39.0 Å². The molecule has 2 aliphatic heterocycles. The fourth-order valence-corrected chi connectivity index (χ4v) is 5.10. The quantitative estimate of drug-likeness (QED) is 0.572. The summed E-state index contributed by atoms with van der Waals surface area (Å²) >= 11 is 2.08. The molecule has 0 radical (unpaired) electrons. The first-order valence-electron chi connectivity index (χ1n) is 10.2. The maximum atomic E-state index is 5.72. The number of nitrogens with zero attached hydrogens (tertiary/aromatic N) is 3. The van der Waals surface area contributed by atoms with E-state index >= 15 is 0 Å². The van der Waals surface area contributed by atoms with Crippen LogP contribution < -0.4 is 10.6 Å². The van der Waals surface area contributed by atoms with Crippen molar-refractivity contribution in [3.05, 3.63) is 17.3 Å². The molecule has 6 nitrogen and oxygen atoms in total. The number of hydrogen-bond donors (Lipinski definition) is 2. The van der Waals surface area contributed by atoms with Crippen molar-refractivity contribution in [3.63, 3.8) is 0 Å². The van der Waals surface area contributed by atoms with E-state index in [1.165, 1.54) is 31.4 Å². The zero-order valence-corrected chi connectivity index (χ0v) is 18.1. The molecule has 0 spiro atoms. The van der Waals surface area contributed by atoms with Crippen LogP contribution in [0.15, 0.2) is 9.41 Å². The van der Waals surface area contributed by atoms with Gasteiger partial charge < -0.3 is 15.1 Å². The summed E-state index contributed by atoms with van der Waals surface area (Å²) in [6, 6.07) is 0. The molecule has 1 aromatic rings. The van der Waals surface area contributed by atoms with Gasteiger partial charge in [-0.3, -0.25) is 9.89 Å². The second-order valence-corrected chi connectivity index (χ2v) is 9.86. The average molecular weight is 394 g/mol. The minimum absolute atomic E-state index is 0.361. The maximum absolute atomic E-state index is 5.72. The van der Waals surface area contributed by atoms with Gasteiger partial charge in [-0.15, -0.1) is 0 Å². The summed E-state index contributed by atoms with van der Waals surface area (Å²) in [7, 11) is 1.86. The van der Waals surface area contributed by atoms with Gasteiger partial charge in [-0.2, -0.15) is 11.8 Å². The van der Waals surface area contributed by atoms with Gasteiger partial charge in [0, 0.05) is 24.9 Å². The van der Waals surface area contributed by atoms with Crippen LogP contribution in [0, 0.1) is 19.8 Å². The summed E-state index contributed by atoms with van der Waals surface area (Å²) in [4.78, 5) is 11.4. The number of aliphatic imine (C=N–C) groups is 1. The molecule has 1 unspecified atom stereocenters. The standard InChI is InChI=1S/C20H35N5OS/c1-15-16(2)26-18(24-15)13-25-9-6-17(7-10-25)12-22-19(21-4)23-14-20(3)8-5-11-27-20/h17H,5-14H2,1-4H3,(H2,21,22,23). The minimum atomic E-state index is 0.361. The van der Waals surface area contributed by atoms with E-state index in [0.29, 0.717) is 10.7 Å². The van der Waals surface area contributed by atoms with Crippen molar-refractivity contribution in [3.8, 4) is 0 Å². The summed E-state index contributed by atoms with van der Waals surface area (Å²) in [5.41, 5.74) is 1.01. The van der Waals surface area contributed by atoms with Crippen molar-refractivity contribution in [2.45, 2.75) is 57.7 Å². The molecule has 0 aromatic carbocycles. The number of oxazole rings is 1. The molecule has 0 aliphatic carbocycles. The molecule has 0 amide bonds. The Hall–Kier alpha value is -1.21. The predicted molar refractivity (Wildman–Crippen MR) is 113 cm³/mol. The third-order valence-electron chi connectivity index (χ3n) is 5.85. The average Bonchev–Trinajstić information content (AvgIpc) is 3.22. The zero-order chi connectivity index (χ0) is 19.3. The lowest BCUT2D eigenvalue weighted by Crippen LogP contribution is -2.46. The third kappa shape index (κ3) is 5.88. The van der Waals surface area contributed by atoms with Gasteiger partial charge in [0.1, 0.15) is 5.76 Å². The van der Waals surface area contributed by atoms with E-state index in [1.54, 1.807) is 0 Å². The summed E-state index contributed by atoms with van der Waals surface area (Å²) in [6.45, 7) is 11.4. The van der Waals surface area contributed by atoms with Crippen LogP contribution >= 0.6 is 11.8 Å². The van der Waals surface area contributed by atoms with Crippen molar-refractivity contribution >= 4 is 17.7 Å². The first kappa shape index (κ1) is 20.5. The highest BCUT2D eigenvalue weighted by Crippen LogP contribution is 2.36. The van der Waals surface area contributed by atoms with Crippen LogP contribution in [0.25, 0.3) is 0 Å². The van der Waals surface area contributed by atoms with Crippen molar-refractivity contribution in [1.82, 2.24) is 20.5 Å². The van der Waals surface area contributed by atoms with Gasteiger partial charge in [0.2, 0.25) is 5.89 Å². The topological polar surface area (TPSA) is 65.7 Å². The number of aryl methyl sites for hydroxylation is 2. The van der Waals surface area contributed by atoms with E-state index in [0.717, 1.165) is 56.0 Å². The molecular weight excluding hydrogens is 358 g/mol. The van der Waals surface area contributed by atoms with E-state index in [-0.39, 0.29) is 0 Å². The summed E-state index contributed by atoms with van der Waals surface area (Å²) in [5.74, 6) is 4.72. The summed E-state index contributed by atoms with van der Waals surface area (Å²) < 4.78 is 6.08. The Balaban J connectivity index is 1.35. The lowest BCUT2D eigenvalue weighted by atomic mass is 9.97. The Bertz CT molecular complexity index is 611. The predicted octanol–water partition coefficient (Wildman–Crippen LogP) is 2.95.